The molecule has 0 aromatic heterocycles. The minimum absolute atomic E-state index is 0.00302. The second-order valence-corrected chi connectivity index (χ2v) is 6.97. The number of carboxylic acids is 1. The van der Waals surface area contributed by atoms with Crippen molar-refractivity contribution in [1.29, 1.82) is 0 Å². The van der Waals surface area contributed by atoms with Gasteiger partial charge in [-0.05, 0) is 23.8 Å². The largest absolute Gasteiger partial charge is 0.479 e. The van der Waals surface area contributed by atoms with Crippen molar-refractivity contribution in [3.63, 3.8) is 0 Å². The molecular formula is C16H15NO5S. The maximum atomic E-state index is 12.2. The van der Waals surface area contributed by atoms with Gasteiger partial charge in [0.15, 0.2) is 15.9 Å². The predicted octanol–water partition coefficient (Wildman–Crippen LogP) is 1.65. The van der Waals surface area contributed by atoms with Gasteiger partial charge in [-0.1, -0.05) is 36.4 Å². The Kier molecular flexibility index (Phi) is 4.80. The van der Waals surface area contributed by atoms with Crippen LogP contribution in [0.3, 0.4) is 0 Å². The fraction of sp³-hybridized carbons (Fsp3) is 0.125. The quantitative estimate of drug-likeness (QED) is 0.866. The first-order valence-corrected chi connectivity index (χ1v) is 8.57. The Morgan fingerprint density at radius 2 is 1.70 bits per heavy atom. The van der Waals surface area contributed by atoms with Gasteiger partial charge in [0.25, 0.3) is 5.91 Å². The third-order valence-electron chi connectivity index (χ3n) is 3.18. The van der Waals surface area contributed by atoms with Crippen LogP contribution in [0.15, 0.2) is 59.5 Å². The van der Waals surface area contributed by atoms with Crippen molar-refractivity contribution >= 4 is 21.7 Å². The van der Waals surface area contributed by atoms with Crippen LogP contribution < -0.4 is 5.32 Å². The van der Waals surface area contributed by atoms with Crippen LogP contribution in [0.5, 0.6) is 0 Å². The summed E-state index contributed by atoms with van der Waals surface area (Å²) < 4.78 is 23.1. The number of carbonyl (C=O) groups excluding carboxylic acids is 1. The lowest BCUT2D eigenvalue weighted by Gasteiger charge is -2.15. The molecule has 0 aliphatic carbocycles. The van der Waals surface area contributed by atoms with Crippen LogP contribution in [0.1, 0.15) is 22.0 Å². The van der Waals surface area contributed by atoms with Crippen molar-refractivity contribution in [3.8, 4) is 0 Å². The molecule has 2 aromatic carbocycles. The highest BCUT2D eigenvalue weighted by atomic mass is 32.2. The fourth-order valence-corrected chi connectivity index (χ4v) is 2.68. The van der Waals surface area contributed by atoms with Gasteiger partial charge >= 0.3 is 5.97 Å². The van der Waals surface area contributed by atoms with Gasteiger partial charge in [-0.25, -0.2) is 13.2 Å². The molecule has 2 rings (SSSR count). The Morgan fingerprint density at radius 3 is 2.26 bits per heavy atom. The van der Waals surface area contributed by atoms with Crippen LogP contribution in [0.2, 0.25) is 0 Å². The van der Waals surface area contributed by atoms with Gasteiger partial charge in [-0.15, -0.1) is 0 Å². The van der Waals surface area contributed by atoms with Gasteiger partial charge in [-0.3, -0.25) is 4.79 Å². The number of hydrogen-bond donors (Lipinski definition) is 2. The molecule has 0 spiro atoms. The summed E-state index contributed by atoms with van der Waals surface area (Å²) in [5.41, 5.74) is 0.503. The Balaban J connectivity index is 2.28. The normalized spacial score (nSPS) is 12.4. The molecule has 0 fully saturated rings. The zero-order valence-electron chi connectivity index (χ0n) is 12.3. The summed E-state index contributed by atoms with van der Waals surface area (Å²) in [5, 5.41) is 11.7. The van der Waals surface area contributed by atoms with Crippen molar-refractivity contribution in [1.82, 2.24) is 5.32 Å². The van der Waals surface area contributed by atoms with E-state index in [1.54, 1.807) is 30.3 Å². The van der Waals surface area contributed by atoms with Crippen molar-refractivity contribution < 1.29 is 23.1 Å². The summed E-state index contributed by atoms with van der Waals surface area (Å²) in [7, 11) is -3.45. The lowest BCUT2D eigenvalue weighted by atomic mass is 10.1. The van der Waals surface area contributed by atoms with E-state index in [4.69, 9.17) is 0 Å². The third-order valence-corrected chi connectivity index (χ3v) is 4.29. The van der Waals surface area contributed by atoms with E-state index in [9.17, 15) is 23.1 Å². The first-order chi connectivity index (χ1) is 10.8. The number of amides is 1. The average molecular weight is 333 g/mol. The SMILES string of the molecule is CS(=O)(=O)c1cccc(C(=O)NC(C(=O)O)c2ccccc2)c1. The lowest BCUT2D eigenvalue weighted by molar-refractivity contribution is -0.139. The van der Waals surface area contributed by atoms with Gasteiger partial charge in [0.2, 0.25) is 0 Å². The predicted molar refractivity (Wildman–Crippen MR) is 83.8 cm³/mol. The minimum Gasteiger partial charge on any atom is -0.479 e. The van der Waals surface area contributed by atoms with Crippen LogP contribution in [0, 0.1) is 0 Å². The zero-order chi connectivity index (χ0) is 17.0. The minimum atomic E-state index is -3.45. The van der Waals surface area contributed by atoms with E-state index in [0.29, 0.717) is 5.56 Å². The van der Waals surface area contributed by atoms with Crippen LogP contribution in [0.25, 0.3) is 0 Å². The summed E-state index contributed by atoms with van der Waals surface area (Å²) in [6.45, 7) is 0. The van der Waals surface area contributed by atoms with Crippen molar-refractivity contribution in [2.45, 2.75) is 10.9 Å². The molecule has 2 aromatic rings. The number of aliphatic carboxylic acids is 1. The molecule has 0 bridgehead atoms. The molecular weight excluding hydrogens is 318 g/mol. The van der Waals surface area contributed by atoms with E-state index >= 15 is 0 Å². The molecule has 7 heteroatoms. The first kappa shape index (κ1) is 16.7. The highest BCUT2D eigenvalue weighted by Crippen LogP contribution is 2.16. The van der Waals surface area contributed by atoms with E-state index in [0.717, 1.165) is 6.26 Å². The van der Waals surface area contributed by atoms with Crippen molar-refractivity contribution in [3.05, 3.63) is 65.7 Å². The molecule has 2 N–H and O–H groups in total. The number of carbonyl (C=O) groups is 2. The van der Waals surface area contributed by atoms with Crippen LogP contribution >= 0.6 is 0 Å². The molecule has 0 radical (unpaired) electrons. The molecule has 23 heavy (non-hydrogen) atoms. The van der Waals surface area contributed by atoms with Gasteiger partial charge < -0.3 is 10.4 Å². The second kappa shape index (κ2) is 6.62. The molecule has 0 saturated heterocycles. The maximum absolute atomic E-state index is 12.2. The van der Waals surface area contributed by atoms with Crippen LogP contribution in [-0.4, -0.2) is 31.7 Å². The Hall–Kier alpha value is -2.67. The summed E-state index contributed by atoms with van der Waals surface area (Å²) in [6, 6.07) is 12.5. The zero-order valence-corrected chi connectivity index (χ0v) is 13.1. The summed E-state index contributed by atoms with van der Waals surface area (Å²) in [4.78, 5) is 23.6. The number of rotatable bonds is 5. The standard InChI is InChI=1S/C16H15NO5S/c1-23(21,22)13-9-5-8-12(10-13)15(18)17-14(16(19)20)11-6-3-2-4-7-11/h2-10,14H,1H3,(H,17,18)(H,19,20). The van der Waals surface area contributed by atoms with Crippen LogP contribution in [-0.2, 0) is 14.6 Å². The monoisotopic (exact) mass is 333 g/mol. The molecule has 1 amide bonds. The third kappa shape index (κ3) is 4.17. The Morgan fingerprint density at radius 1 is 1.04 bits per heavy atom. The maximum Gasteiger partial charge on any atom is 0.330 e. The lowest BCUT2D eigenvalue weighted by Crippen LogP contribution is -2.33. The second-order valence-electron chi connectivity index (χ2n) is 4.96. The van der Waals surface area contributed by atoms with Crippen molar-refractivity contribution in [2.24, 2.45) is 0 Å². The van der Waals surface area contributed by atoms with E-state index in [1.165, 1.54) is 24.3 Å². The first-order valence-electron chi connectivity index (χ1n) is 6.68. The highest BCUT2D eigenvalue weighted by Gasteiger charge is 2.23. The summed E-state index contributed by atoms with van der Waals surface area (Å²) in [6.07, 6.45) is 1.04. The number of hydrogen-bond acceptors (Lipinski definition) is 4. The molecule has 6 nitrogen and oxygen atoms in total. The molecule has 120 valence electrons. The number of sulfone groups is 1. The molecule has 0 saturated carbocycles. The summed E-state index contributed by atoms with van der Waals surface area (Å²) >= 11 is 0. The Bertz CT molecular complexity index is 831. The van der Waals surface area contributed by atoms with E-state index < -0.39 is 27.8 Å². The molecule has 1 unspecified atom stereocenters. The summed E-state index contributed by atoms with van der Waals surface area (Å²) in [5.74, 6) is -1.87. The smallest absolute Gasteiger partial charge is 0.330 e. The van der Waals surface area contributed by atoms with Gasteiger partial charge in [0.05, 0.1) is 4.90 Å². The number of nitrogens with one attached hydrogen (secondary N) is 1. The number of benzene rings is 2. The van der Waals surface area contributed by atoms with Crippen LogP contribution in [0.4, 0.5) is 0 Å². The highest BCUT2D eigenvalue weighted by molar-refractivity contribution is 7.90. The van der Waals surface area contributed by atoms with E-state index in [2.05, 4.69) is 5.32 Å². The topological polar surface area (TPSA) is 101 Å². The molecule has 1 atom stereocenters. The fourth-order valence-electron chi connectivity index (χ4n) is 2.02. The molecule has 0 aliphatic heterocycles. The average Bonchev–Trinajstić information content (AvgIpc) is 2.52. The number of carboxylic acid groups (broad SMARTS) is 1. The van der Waals surface area contributed by atoms with E-state index in [1.807, 2.05) is 0 Å². The van der Waals surface area contributed by atoms with E-state index in [-0.39, 0.29) is 10.5 Å². The molecule has 0 aliphatic rings. The van der Waals surface area contributed by atoms with Gasteiger partial charge in [0, 0.05) is 11.8 Å². The molecule has 0 heterocycles. The van der Waals surface area contributed by atoms with Gasteiger partial charge in [0.1, 0.15) is 0 Å². The Labute approximate surface area is 133 Å². The van der Waals surface area contributed by atoms with Gasteiger partial charge in [-0.2, -0.15) is 0 Å². The van der Waals surface area contributed by atoms with Crippen molar-refractivity contribution in [2.75, 3.05) is 6.26 Å².